The molecule has 6 nitrogen and oxygen atoms in total. The zero-order valence-electron chi connectivity index (χ0n) is 9.58. The average Bonchev–Trinajstić information content (AvgIpc) is 2.77. The standard InChI is InChI=1S/C11H12N4O2/c1-11(2)10-12-13-14-15(10)9-7(6-16)4-3-5-8(9)17-11/h3-5,16H,6H2,1-2H3. The molecule has 0 radical (unpaired) electrons. The van der Waals surface area contributed by atoms with Gasteiger partial charge in [-0.2, -0.15) is 4.68 Å². The molecule has 2 aromatic rings. The fourth-order valence-electron chi connectivity index (χ4n) is 2.05. The quantitative estimate of drug-likeness (QED) is 0.786. The Balaban J connectivity index is 2.32. The van der Waals surface area contributed by atoms with Crippen LogP contribution in [-0.4, -0.2) is 25.3 Å². The van der Waals surface area contributed by atoms with E-state index in [0.29, 0.717) is 17.3 Å². The van der Waals surface area contributed by atoms with E-state index in [1.165, 1.54) is 0 Å². The van der Waals surface area contributed by atoms with Crippen LogP contribution in [0.4, 0.5) is 0 Å². The van der Waals surface area contributed by atoms with Crippen molar-refractivity contribution in [2.75, 3.05) is 0 Å². The molecule has 3 rings (SSSR count). The van der Waals surface area contributed by atoms with E-state index in [9.17, 15) is 5.11 Å². The van der Waals surface area contributed by atoms with Gasteiger partial charge in [-0.25, -0.2) is 0 Å². The Morgan fingerprint density at radius 3 is 3.00 bits per heavy atom. The molecule has 0 aliphatic carbocycles. The molecular weight excluding hydrogens is 220 g/mol. The molecule has 0 saturated heterocycles. The van der Waals surface area contributed by atoms with E-state index in [1.807, 2.05) is 32.0 Å². The van der Waals surface area contributed by atoms with Gasteiger partial charge in [0.15, 0.2) is 11.4 Å². The highest BCUT2D eigenvalue weighted by Crippen LogP contribution is 2.38. The van der Waals surface area contributed by atoms with E-state index in [4.69, 9.17) is 4.74 Å². The van der Waals surface area contributed by atoms with Crippen molar-refractivity contribution in [3.05, 3.63) is 29.6 Å². The van der Waals surface area contributed by atoms with Gasteiger partial charge in [0.1, 0.15) is 11.4 Å². The normalized spacial score (nSPS) is 15.9. The van der Waals surface area contributed by atoms with Gasteiger partial charge in [-0.05, 0) is 30.3 Å². The molecule has 2 heterocycles. The van der Waals surface area contributed by atoms with Crippen LogP contribution in [0.25, 0.3) is 5.69 Å². The summed E-state index contributed by atoms with van der Waals surface area (Å²) in [5, 5.41) is 21.0. The molecule has 0 spiro atoms. The number of rotatable bonds is 1. The summed E-state index contributed by atoms with van der Waals surface area (Å²) >= 11 is 0. The number of ether oxygens (including phenoxy) is 1. The Morgan fingerprint density at radius 1 is 1.41 bits per heavy atom. The fraction of sp³-hybridized carbons (Fsp3) is 0.364. The van der Waals surface area contributed by atoms with Crippen LogP contribution in [0.2, 0.25) is 0 Å². The topological polar surface area (TPSA) is 73.1 Å². The minimum absolute atomic E-state index is 0.0771. The van der Waals surface area contributed by atoms with Crippen molar-refractivity contribution in [1.29, 1.82) is 0 Å². The third-order valence-electron chi connectivity index (χ3n) is 2.84. The molecule has 1 aromatic carbocycles. The zero-order valence-corrected chi connectivity index (χ0v) is 9.58. The molecule has 1 aromatic heterocycles. The lowest BCUT2D eigenvalue weighted by atomic mass is 10.0. The second-order valence-electron chi connectivity index (χ2n) is 4.45. The molecule has 0 amide bonds. The van der Waals surface area contributed by atoms with E-state index >= 15 is 0 Å². The number of fused-ring (bicyclic) bond motifs is 3. The largest absolute Gasteiger partial charge is 0.478 e. The van der Waals surface area contributed by atoms with Crippen LogP contribution >= 0.6 is 0 Å². The Bertz CT molecular complexity index is 577. The first-order valence-electron chi connectivity index (χ1n) is 5.34. The number of benzene rings is 1. The maximum Gasteiger partial charge on any atom is 0.199 e. The third kappa shape index (κ3) is 1.34. The number of aromatic nitrogens is 4. The van der Waals surface area contributed by atoms with Crippen molar-refractivity contribution in [1.82, 2.24) is 20.2 Å². The molecule has 0 saturated carbocycles. The van der Waals surface area contributed by atoms with Crippen LogP contribution in [0.3, 0.4) is 0 Å². The van der Waals surface area contributed by atoms with Crippen molar-refractivity contribution in [2.24, 2.45) is 0 Å². The minimum Gasteiger partial charge on any atom is -0.478 e. The van der Waals surface area contributed by atoms with Crippen LogP contribution in [-0.2, 0) is 12.2 Å². The van der Waals surface area contributed by atoms with E-state index in [2.05, 4.69) is 15.5 Å². The Kier molecular flexibility index (Phi) is 1.97. The molecule has 1 aliphatic heterocycles. The molecule has 0 bridgehead atoms. The number of hydrogen-bond acceptors (Lipinski definition) is 5. The molecule has 6 heteroatoms. The smallest absolute Gasteiger partial charge is 0.199 e. The minimum atomic E-state index is -0.579. The van der Waals surface area contributed by atoms with Gasteiger partial charge < -0.3 is 9.84 Å². The summed E-state index contributed by atoms with van der Waals surface area (Å²) in [6.45, 7) is 3.74. The third-order valence-corrected chi connectivity index (χ3v) is 2.84. The lowest BCUT2D eigenvalue weighted by Crippen LogP contribution is -2.34. The highest BCUT2D eigenvalue weighted by molar-refractivity contribution is 5.54. The molecule has 1 N–H and O–H groups in total. The van der Waals surface area contributed by atoms with Crippen LogP contribution in [0.1, 0.15) is 25.2 Å². The van der Waals surface area contributed by atoms with E-state index in [0.717, 1.165) is 5.56 Å². The van der Waals surface area contributed by atoms with Gasteiger partial charge in [-0.3, -0.25) is 0 Å². The molecule has 1 aliphatic rings. The maximum absolute atomic E-state index is 9.35. The molecule has 0 unspecified atom stereocenters. The summed E-state index contributed by atoms with van der Waals surface area (Å²) in [5.74, 6) is 1.31. The van der Waals surface area contributed by atoms with Crippen molar-refractivity contribution in [3.8, 4) is 11.4 Å². The van der Waals surface area contributed by atoms with Crippen molar-refractivity contribution in [3.63, 3.8) is 0 Å². The fourth-order valence-corrected chi connectivity index (χ4v) is 2.05. The number of aliphatic hydroxyl groups is 1. The van der Waals surface area contributed by atoms with Gasteiger partial charge in [0.25, 0.3) is 0 Å². The van der Waals surface area contributed by atoms with Crippen LogP contribution < -0.4 is 4.74 Å². The molecule has 88 valence electrons. The molecule has 0 atom stereocenters. The summed E-state index contributed by atoms with van der Waals surface area (Å²) in [6.07, 6.45) is 0. The molecule has 17 heavy (non-hydrogen) atoms. The van der Waals surface area contributed by atoms with Gasteiger partial charge in [-0.15, -0.1) is 5.10 Å². The summed E-state index contributed by atoms with van der Waals surface area (Å²) in [7, 11) is 0. The first kappa shape index (κ1) is 10.2. The van der Waals surface area contributed by atoms with Crippen molar-refractivity contribution < 1.29 is 9.84 Å². The summed E-state index contributed by atoms with van der Waals surface area (Å²) in [6, 6.07) is 5.52. The SMILES string of the molecule is CC1(C)Oc2cccc(CO)c2-n2nnnc21. The molecular formula is C11H12N4O2. The Morgan fingerprint density at radius 2 is 2.24 bits per heavy atom. The van der Waals surface area contributed by atoms with Gasteiger partial charge in [0.05, 0.1) is 6.61 Å². The predicted octanol–water partition coefficient (Wildman–Crippen LogP) is 0.782. The van der Waals surface area contributed by atoms with E-state index in [1.54, 1.807) is 4.68 Å². The monoisotopic (exact) mass is 232 g/mol. The van der Waals surface area contributed by atoms with Crippen LogP contribution in [0, 0.1) is 0 Å². The average molecular weight is 232 g/mol. The summed E-state index contributed by atoms with van der Waals surface area (Å²) in [5.41, 5.74) is 0.880. The zero-order chi connectivity index (χ0) is 12.0. The lowest BCUT2D eigenvalue weighted by molar-refractivity contribution is 0.0846. The Hall–Kier alpha value is -1.95. The van der Waals surface area contributed by atoms with Crippen molar-refractivity contribution >= 4 is 0 Å². The second-order valence-corrected chi connectivity index (χ2v) is 4.45. The highest BCUT2D eigenvalue weighted by atomic mass is 16.5. The molecule has 0 fully saturated rings. The second kappa shape index (κ2) is 3.27. The number of tetrazole rings is 1. The van der Waals surface area contributed by atoms with Gasteiger partial charge in [-0.1, -0.05) is 12.1 Å². The summed E-state index contributed by atoms with van der Waals surface area (Å²) < 4.78 is 7.50. The van der Waals surface area contributed by atoms with Crippen LogP contribution in [0.5, 0.6) is 5.75 Å². The number of hydrogen-bond donors (Lipinski definition) is 1. The van der Waals surface area contributed by atoms with E-state index in [-0.39, 0.29) is 6.61 Å². The van der Waals surface area contributed by atoms with Crippen molar-refractivity contribution in [2.45, 2.75) is 26.1 Å². The highest BCUT2D eigenvalue weighted by Gasteiger charge is 2.36. The van der Waals surface area contributed by atoms with Gasteiger partial charge in [0.2, 0.25) is 0 Å². The summed E-state index contributed by atoms with van der Waals surface area (Å²) in [4.78, 5) is 0. The predicted molar refractivity (Wildman–Crippen MR) is 58.7 cm³/mol. The maximum atomic E-state index is 9.35. The number of para-hydroxylation sites is 1. The first-order chi connectivity index (χ1) is 8.13. The van der Waals surface area contributed by atoms with Gasteiger partial charge in [0, 0.05) is 5.56 Å². The number of nitrogens with zero attached hydrogens (tertiary/aromatic N) is 4. The van der Waals surface area contributed by atoms with E-state index < -0.39 is 5.60 Å². The van der Waals surface area contributed by atoms with Crippen LogP contribution in [0.15, 0.2) is 18.2 Å². The first-order valence-corrected chi connectivity index (χ1v) is 5.34. The number of aliphatic hydroxyl groups excluding tert-OH is 1. The lowest BCUT2D eigenvalue weighted by Gasteiger charge is -2.31. The van der Waals surface area contributed by atoms with Gasteiger partial charge >= 0.3 is 0 Å². The Labute approximate surface area is 97.8 Å².